The number of nitrogens with zero attached hydrogens (tertiary/aromatic N) is 1. The fraction of sp³-hybridized carbons (Fsp3) is 0.174. The molecule has 0 bridgehead atoms. The summed E-state index contributed by atoms with van der Waals surface area (Å²) in [6.45, 7) is 4.35. The lowest BCUT2D eigenvalue weighted by Gasteiger charge is -2.14. The molecule has 142 valence electrons. The first-order chi connectivity index (χ1) is 13.5. The van der Waals surface area contributed by atoms with E-state index in [0.717, 1.165) is 11.1 Å². The van der Waals surface area contributed by atoms with Gasteiger partial charge in [-0.05, 0) is 37.1 Å². The first-order valence-electron chi connectivity index (χ1n) is 9.18. The van der Waals surface area contributed by atoms with Gasteiger partial charge in [-0.25, -0.2) is 0 Å². The number of carbonyl (C=O) groups is 2. The van der Waals surface area contributed by atoms with E-state index in [0.29, 0.717) is 12.1 Å². The smallest absolute Gasteiger partial charge is 0.270 e. The van der Waals surface area contributed by atoms with Gasteiger partial charge >= 0.3 is 0 Å². The first-order valence-corrected chi connectivity index (χ1v) is 9.18. The van der Waals surface area contributed by atoms with Crippen molar-refractivity contribution in [1.82, 2.24) is 15.6 Å². The molecule has 1 unspecified atom stereocenters. The van der Waals surface area contributed by atoms with E-state index in [9.17, 15) is 9.59 Å². The number of benzene rings is 2. The van der Waals surface area contributed by atoms with Crippen LogP contribution in [0, 0.1) is 6.92 Å². The lowest BCUT2D eigenvalue weighted by atomic mass is 10.1. The largest absolute Gasteiger partial charge is 0.348 e. The molecule has 1 atom stereocenters. The third kappa shape index (κ3) is 5.04. The zero-order valence-corrected chi connectivity index (χ0v) is 16.0. The van der Waals surface area contributed by atoms with Gasteiger partial charge in [0.2, 0.25) is 0 Å². The Kier molecular flexibility index (Phi) is 6.17. The Balaban J connectivity index is 1.63. The molecule has 2 amide bonds. The maximum Gasteiger partial charge on any atom is 0.270 e. The van der Waals surface area contributed by atoms with Crippen LogP contribution in [0.25, 0.3) is 0 Å². The highest BCUT2D eigenvalue weighted by Crippen LogP contribution is 2.12. The molecule has 2 aromatic carbocycles. The van der Waals surface area contributed by atoms with Gasteiger partial charge in [0.25, 0.3) is 11.8 Å². The number of rotatable bonds is 6. The summed E-state index contributed by atoms with van der Waals surface area (Å²) in [5, 5.41) is 5.78. The van der Waals surface area contributed by atoms with Crippen LogP contribution in [0.5, 0.6) is 0 Å². The number of hydrogen-bond donors (Lipinski definition) is 2. The van der Waals surface area contributed by atoms with Crippen LogP contribution >= 0.6 is 0 Å². The predicted molar refractivity (Wildman–Crippen MR) is 109 cm³/mol. The molecule has 0 aliphatic carbocycles. The third-order valence-electron chi connectivity index (χ3n) is 4.48. The van der Waals surface area contributed by atoms with Crippen molar-refractivity contribution in [2.45, 2.75) is 26.4 Å². The van der Waals surface area contributed by atoms with E-state index in [1.807, 2.05) is 68.4 Å². The number of hydrogen-bond acceptors (Lipinski definition) is 3. The number of aryl methyl sites for hydroxylation is 1. The van der Waals surface area contributed by atoms with Crippen LogP contribution in [0.3, 0.4) is 0 Å². The van der Waals surface area contributed by atoms with Gasteiger partial charge in [0.1, 0.15) is 5.69 Å². The van der Waals surface area contributed by atoms with E-state index >= 15 is 0 Å². The minimum atomic E-state index is -0.315. The maximum absolute atomic E-state index is 12.5. The SMILES string of the molecule is Cc1ccc(CNC(=O)c2ccnc(C(=O)NC(C)c3ccccc3)c2)cc1. The second kappa shape index (κ2) is 8.95. The van der Waals surface area contributed by atoms with E-state index < -0.39 is 0 Å². The molecular formula is C23H23N3O2. The van der Waals surface area contributed by atoms with Crippen LogP contribution in [0.1, 0.15) is 50.5 Å². The highest BCUT2D eigenvalue weighted by Gasteiger charge is 2.14. The van der Waals surface area contributed by atoms with Crippen molar-refractivity contribution in [3.05, 3.63) is 101 Å². The summed E-state index contributed by atoms with van der Waals surface area (Å²) in [6.07, 6.45) is 1.48. The summed E-state index contributed by atoms with van der Waals surface area (Å²) >= 11 is 0. The molecule has 1 heterocycles. The molecular weight excluding hydrogens is 350 g/mol. The normalized spacial score (nSPS) is 11.5. The molecule has 5 nitrogen and oxygen atoms in total. The molecule has 5 heteroatoms. The number of nitrogens with one attached hydrogen (secondary N) is 2. The Bertz CT molecular complexity index is 953. The van der Waals surface area contributed by atoms with Crippen molar-refractivity contribution >= 4 is 11.8 Å². The van der Waals surface area contributed by atoms with E-state index in [1.165, 1.54) is 17.8 Å². The molecule has 28 heavy (non-hydrogen) atoms. The molecule has 0 aliphatic rings. The Hall–Kier alpha value is -3.47. The summed E-state index contributed by atoms with van der Waals surface area (Å²) in [6, 6.07) is 20.6. The lowest BCUT2D eigenvalue weighted by Crippen LogP contribution is -2.28. The van der Waals surface area contributed by atoms with Crippen molar-refractivity contribution in [2.75, 3.05) is 0 Å². The molecule has 0 aliphatic heterocycles. The maximum atomic E-state index is 12.5. The Morgan fingerprint density at radius 1 is 0.964 bits per heavy atom. The van der Waals surface area contributed by atoms with Gasteiger partial charge in [-0.2, -0.15) is 0 Å². The highest BCUT2D eigenvalue weighted by molar-refractivity contribution is 5.98. The summed E-state index contributed by atoms with van der Waals surface area (Å²) in [7, 11) is 0. The minimum absolute atomic E-state index is 0.158. The molecule has 0 fully saturated rings. The number of amides is 2. The van der Waals surface area contributed by atoms with Gasteiger partial charge in [-0.1, -0.05) is 60.2 Å². The zero-order chi connectivity index (χ0) is 19.9. The average Bonchev–Trinajstić information content (AvgIpc) is 2.73. The van der Waals surface area contributed by atoms with Gasteiger partial charge < -0.3 is 10.6 Å². The fourth-order valence-electron chi connectivity index (χ4n) is 2.78. The van der Waals surface area contributed by atoms with Gasteiger partial charge in [-0.3, -0.25) is 14.6 Å². The van der Waals surface area contributed by atoms with Gasteiger partial charge in [0, 0.05) is 18.3 Å². The van der Waals surface area contributed by atoms with Gasteiger partial charge in [0.05, 0.1) is 6.04 Å². The summed E-state index contributed by atoms with van der Waals surface area (Å²) < 4.78 is 0. The molecule has 3 aromatic rings. The van der Waals surface area contributed by atoms with Gasteiger partial charge in [-0.15, -0.1) is 0 Å². The first kappa shape index (κ1) is 19.3. The standard InChI is InChI=1S/C23H23N3O2/c1-16-8-10-18(11-9-16)15-25-22(27)20-12-13-24-21(14-20)23(28)26-17(2)19-6-4-3-5-7-19/h3-14,17H,15H2,1-2H3,(H,25,27)(H,26,28). The van der Waals surface area contributed by atoms with Crippen molar-refractivity contribution in [3.8, 4) is 0 Å². The summed E-state index contributed by atoms with van der Waals surface area (Å²) in [5.74, 6) is -0.558. The lowest BCUT2D eigenvalue weighted by molar-refractivity contribution is 0.0935. The van der Waals surface area contributed by atoms with Crippen LogP contribution in [0.4, 0.5) is 0 Å². The quantitative estimate of drug-likeness (QED) is 0.690. The van der Waals surface area contributed by atoms with Crippen molar-refractivity contribution in [1.29, 1.82) is 0 Å². The van der Waals surface area contributed by atoms with Crippen molar-refractivity contribution < 1.29 is 9.59 Å². The molecule has 2 N–H and O–H groups in total. The van der Waals surface area contributed by atoms with Crippen molar-refractivity contribution in [3.63, 3.8) is 0 Å². The molecule has 3 rings (SSSR count). The number of aromatic nitrogens is 1. The Labute approximate surface area is 164 Å². The molecule has 0 saturated heterocycles. The molecule has 0 radical (unpaired) electrons. The van der Waals surface area contributed by atoms with Crippen LogP contribution in [-0.4, -0.2) is 16.8 Å². The van der Waals surface area contributed by atoms with Crippen LogP contribution in [0.15, 0.2) is 72.9 Å². The predicted octanol–water partition coefficient (Wildman–Crippen LogP) is 3.81. The molecule has 1 aromatic heterocycles. The second-order valence-corrected chi connectivity index (χ2v) is 6.70. The summed E-state index contributed by atoms with van der Waals surface area (Å²) in [5.41, 5.74) is 3.81. The van der Waals surface area contributed by atoms with E-state index in [-0.39, 0.29) is 23.6 Å². The molecule has 0 saturated carbocycles. The average molecular weight is 373 g/mol. The van der Waals surface area contributed by atoms with Crippen LogP contribution in [0.2, 0.25) is 0 Å². The Morgan fingerprint density at radius 2 is 1.68 bits per heavy atom. The zero-order valence-electron chi connectivity index (χ0n) is 16.0. The number of carbonyl (C=O) groups excluding carboxylic acids is 2. The highest BCUT2D eigenvalue weighted by atomic mass is 16.2. The van der Waals surface area contributed by atoms with Crippen LogP contribution < -0.4 is 10.6 Å². The minimum Gasteiger partial charge on any atom is -0.348 e. The van der Waals surface area contributed by atoms with E-state index in [2.05, 4.69) is 15.6 Å². The van der Waals surface area contributed by atoms with E-state index in [1.54, 1.807) is 6.07 Å². The monoisotopic (exact) mass is 373 g/mol. The van der Waals surface area contributed by atoms with E-state index in [4.69, 9.17) is 0 Å². The fourth-order valence-corrected chi connectivity index (χ4v) is 2.78. The number of pyridine rings is 1. The second-order valence-electron chi connectivity index (χ2n) is 6.70. The van der Waals surface area contributed by atoms with Crippen LogP contribution in [-0.2, 0) is 6.54 Å². The Morgan fingerprint density at radius 3 is 2.39 bits per heavy atom. The summed E-state index contributed by atoms with van der Waals surface area (Å²) in [4.78, 5) is 29.0. The molecule has 0 spiro atoms. The topological polar surface area (TPSA) is 71.1 Å². The van der Waals surface area contributed by atoms with Crippen molar-refractivity contribution in [2.24, 2.45) is 0 Å². The third-order valence-corrected chi connectivity index (χ3v) is 4.48. The van der Waals surface area contributed by atoms with Gasteiger partial charge in [0.15, 0.2) is 0 Å².